The molecule has 1 fully saturated rings. The number of carbonyl (C=O) groups is 2. The molecule has 1 aliphatic heterocycles. The van der Waals surface area contributed by atoms with Crippen LogP contribution in [0.2, 0.25) is 0 Å². The first-order chi connectivity index (χ1) is 22.7. The van der Waals surface area contributed by atoms with Gasteiger partial charge in [0.1, 0.15) is 17.5 Å². The monoisotopic (exact) mass is 680 g/mol. The molecule has 254 valence electrons. The maximum absolute atomic E-state index is 15.2. The highest BCUT2D eigenvalue weighted by Crippen LogP contribution is 2.27. The minimum absolute atomic E-state index is 0.0101. The number of piperazine rings is 1. The summed E-state index contributed by atoms with van der Waals surface area (Å²) in [5, 5.41) is 16.3. The SMILES string of the molecule is Cc1ccc(N2CCN(S(=O)(=O)NC(Cc3ccc(-c4noc(-c5ccc(NC(=O)OC(C)(C)C)cc5)n4)c(F)c3)C(=O)O)CC2)cc1. The van der Waals surface area contributed by atoms with Crippen molar-refractivity contribution in [2.75, 3.05) is 36.4 Å². The molecule has 1 amide bonds. The fraction of sp³-hybridized carbons (Fsp3) is 0.333. The third-order valence-electron chi connectivity index (χ3n) is 7.48. The first kappa shape index (κ1) is 34.5. The molecule has 0 saturated carbocycles. The second-order valence-electron chi connectivity index (χ2n) is 12.4. The van der Waals surface area contributed by atoms with Gasteiger partial charge < -0.3 is 19.3 Å². The van der Waals surface area contributed by atoms with E-state index in [4.69, 9.17) is 9.26 Å². The zero-order chi connectivity index (χ0) is 34.6. The number of nitrogens with one attached hydrogen (secondary N) is 2. The van der Waals surface area contributed by atoms with Crippen LogP contribution in [0.15, 0.2) is 71.3 Å². The van der Waals surface area contributed by atoms with Crippen LogP contribution in [0.3, 0.4) is 0 Å². The van der Waals surface area contributed by atoms with E-state index >= 15 is 4.39 Å². The number of aromatic nitrogens is 2. The number of ether oxygens (including phenoxy) is 1. The van der Waals surface area contributed by atoms with Crippen molar-refractivity contribution >= 4 is 33.6 Å². The van der Waals surface area contributed by atoms with E-state index in [1.165, 1.54) is 16.4 Å². The maximum Gasteiger partial charge on any atom is 0.412 e. The Bertz CT molecular complexity index is 1870. The third-order valence-corrected chi connectivity index (χ3v) is 9.11. The van der Waals surface area contributed by atoms with Gasteiger partial charge in [0, 0.05) is 43.1 Å². The van der Waals surface area contributed by atoms with Crippen LogP contribution in [-0.2, 0) is 26.2 Å². The van der Waals surface area contributed by atoms with Gasteiger partial charge >= 0.3 is 12.1 Å². The van der Waals surface area contributed by atoms with Crippen LogP contribution in [-0.4, -0.2) is 77.9 Å². The van der Waals surface area contributed by atoms with Gasteiger partial charge in [-0.2, -0.15) is 22.4 Å². The number of halogens is 1. The predicted molar refractivity (Wildman–Crippen MR) is 177 cm³/mol. The van der Waals surface area contributed by atoms with Crippen LogP contribution >= 0.6 is 0 Å². The highest BCUT2D eigenvalue weighted by Gasteiger charge is 2.32. The number of anilines is 2. The molecule has 15 heteroatoms. The van der Waals surface area contributed by atoms with E-state index in [0.717, 1.165) is 17.3 Å². The van der Waals surface area contributed by atoms with Crippen molar-refractivity contribution in [3.05, 3.63) is 83.7 Å². The topological polar surface area (TPSA) is 167 Å². The van der Waals surface area contributed by atoms with E-state index in [1.54, 1.807) is 45.0 Å². The number of amides is 1. The second-order valence-corrected chi connectivity index (χ2v) is 14.1. The average molecular weight is 681 g/mol. The van der Waals surface area contributed by atoms with Crippen molar-refractivity contribution in [1.29, 1.82) is 0 Å². The third kappa shape index (κ3) is 8.73. The molecule has 5 rings (SSSR count). The van der Waals surface area contributed by atoms with Crippen molar-refractivity contribution < 1.29 is 36.8 Å². The van der Waals surface area contributed by atoms with E-state index in [-0.39, 0.29) is 42.4 Å². The van der Waals surface area contributed by atoms with Crippen molar-refractivity contribution in [1.82, 2.24) is 19.2 Å². The molecule has 1 saturated heterocycles. The van der Waals surface area contributed by atoms with Crippen molar-refractivity contribution in [3.8, 4) is 22.8 Å². The van der Waals surface area contributed by atoms with E-state index in [1.807, 2.05) is 31.2 Å². The van der Waals surface area contributed by atoms with Crippen LogP contribution in [0.4, 0.5) is 20.6 Å². The minimum atomic E-state index is -4.14. The van der Waals surface area contributed by atoms with E-state index in [9.17, 15) is 23.1 Å². The van der Waals surface area contributed by atoms with Crippen molar-refractivity contribution in [2.24, 2.45) is 0 Å². The summed E-state index contributed by atoms with van der Waals surface area (Å²) in [5.74, 6) is -2.06. The van der Waals surface area contributed by atoms with Crippen LogP contribution in [0.25, 0.3) is 22.8 Å². The van der Waals surface area contributed by atoms with Crippen molar-refractivity contribution in [3.63, 3.8) is 0 Å². The summed E-state index contributed by atoms with van der Waals surface area (Å²) in [6, 6.07) is 16.9. The summed E-state index contributed by atoms with van der Waals surface area (Å²) in [6.07, 6.45) is -0.898. The molecule has 1 aliphatic rings. The summed E-state index contributed by atoms with van der Waals surface area (Å²) in [5.41, 5.74) is 2.73. The molecule has 0 aliphatic carbocycles. The van der Waals surface area contributed by atoms with E-state index in [0.29, 0.717) is 24.3 Å². The fourth-order valence-corrected chi connectivity index (χ4v) is 6.38. The fourth-order valence-electron chi connectivity index (χ4n) is 5.05. The van der Waals surface area contributed by atoms with Crippen LogP contribution in [0.1, 0.15) is 31.9 Å². The Labute approximate surface area is 277 Å². The van der Waals surface area contributed by atoms with Gasteiger partial charge in [0.15, 0.2) is 0 Å². The van der Waals surface area contributed by atoms with Crippen LogP contribution in [0, 0.1) is 12.7 Å². The number of carbonyl (C=O) groups excluding carboxylic acids is 1. The molecule has 3 aromatic carbocycles. The molecule has 48 heavy (non-hydrogen) atoms. The van der Waals surface area contributed by atoms with Gasteiger partial charge in [0.05, 0.1) is 5.56 Å². The first-order valence-electron chi connectivity index (χ1n) is 15.2. The molecular weight excluding hydrogens is 643 g/mol. The lowest BCUT2D eigenvalue weighted by Crippen LogP contribution is -2.55. The van der Waals surface area contributed by atoms with Crippen LogP contribution in [0.5, 0.6) is 0 Å². The second kappa shape index (κ2) is 14.1. The Morgan fingerprint density at radius 3 is 2.29 bits per heavy atom. The van der Waals surface area contributed by atoms with Gasteiger partial charge in [-0.3, -0.25) is 10.1 Å². The normalized spacial score (nSPS) is 14.8. The zero-order valence-electron chi connectivity index (χ0n) is 26.9. The maximum atomic E-state index is 15.2. The molecule has 3 N–H and O–H groups in total. The summed E-state index contributed by atoms with van der Waals surface area (Å²) < 4.78 is 55.5. The standard InChI is InChI=1S/C33H37FN6O7S/c1-21-5-12-25(13-6-21)39-15-17-40(18-16-39)48(44,45)38-28(31(41)42)20-22-7-14-26(27(34)19-22)29-36-30(47-37-29)23-8-10-24(11-9-23)35-32(43)46-33(2,3)4/h5-14,19,28,38H,15-18,20H2,1-4H3,(H,35,43)(H,41,42). The Morgan fingerprint density at radius 1 is 1.02 bits per heavy atom. The molecule has 1 atom stereocenters. The quantitative estimate of drug-likeness (QED) is 0.211. The minimum Gasteiger partial charge on any atom is -0.480 e. The molecule has 0 bridgehead atoms. The Balaban J connectivity index is 1.20. The van der Waals surface area contributed by atoms with Gasteiger partial charge in [-0.05, 0) is 88.2 Å². The number of hydrogen-bond acceptors (Lipinski definition) is 9. The highest BCUT2D eigenvalue weighted by atomic mass is 32.2. The van der Waals surface area contributed by atoms with Crippen LogP contribution < -0.4 is 14.9 Å². The first-order valence-corrected chi connectivity index (χ1v) is 16.7. The van der Waals surface area contributed by atoms with Gasteiger partial charge in [0.25, 0.3) is 16.1 Å². The smallest absolute Gasteiger partial charge is 0.412 e. The Kier molecular flexibility index (Phi) is 10.1. The number of carboxylic acids is 1. The number of benzene rings is 3. The Morgan fingerprint density at radius 2 is 1.69 bits per heavy atom. The molecule has 4 aromatic rings. The Hall–Kier alpha value is -4.86. The largest absolute Gasteiger partial charge is 0.480 e. The molecule has 0 spiro atoms. The van der Waals surface area contributed by atoms with Gasteiger partial charge in [-0.1, -0.05) is 28.9 Å². The summed E-state index contributed by atoms with van der Waals surface area (Å²) in [6.45, 7) is 8.51. The van der Waals surface area contributed by atoms with Crippen molar-refractivity contribution in [2.45, 2.75) is 45.8 Å². The summed E-state index contributed by atoms with van der Waals surface area (Å²) in [7, 11) is -4.14. The molecule has 1 aromatic heterocycles. The number of rotatable bonds is 10. The number of aryl methyl sites for hydroxylation is 1. The van der Waals surface area contributed by atoms with Gasteiger partial charge in [-0.25, -0.2) is 9.18 Å². The molecule has 13 nitrogen and oxygen atoms in total. The lowest BCUT2D eigenvalue weighted by molar-refractivity contribution is -0.138. The number of hydrogen-bond donors (Lipinski definition) is 3. The van der Waals surface area contributed by atoms with Gasteiger partial charge in [-0.15, -0.1) is 0 Å². The molecule has 1 unspecified atom stereocenters. The predicted octanol–water partition coefficient (Wildman–Crippen LogP) is 4.85. The number of carboxylic acid groups (broad SMARTS) is 1. The molecule has 2 heterocycles. The van der Waals surface area contributed by atoms with E-state index in [2.05, 4.69) is 25.1 Å². The van der Waals surface area contributed by atoms with E-state index < -0.39 is 39.7 Å². The average Bonchev–Trinajstić information content (AvgIpc) is 3.50. The zero-order valence-corrected chi connectivity index (χ0v) is 27.8. The molecule has 0 radical (unpaired) electrons. The number of nitrogens with zero attached hydrogens (tertiary/aromatic N) is 4. The summed E-state index contributed by atoms with van der Waals surface area (Å²) in [4.78, 5) is 30.4. The number of aliphatic carboxylic acids is 1. The van der Waals surface area contributed by atoms with Gasteiger partial charge in [0.2, 0.25) is 5.82 Å². The lowest BCUT2D eigenvalue weighted by Gasteiger charge is -2.35. The molecular formula is C33H37FN6O7S. The lowest BCUT2D eigenvalue weighted by atomic mass is 10.0. The highest BCUT2D eigenvalue weighted by molar-refractivity contribution is 7.87. The summed E-state index contributed by atoms with van der Waals surface area (Å²) >= 11 is 0.